The summed E-state index contributed by atoms with van der Waals surface area (Å²) in [7, 11) is 0. The van der Waals surface area contributed by atoms with Crippen LogP contribution in [0.4, 0.5) is 10.1 Å². The quantitative estimate of drug-likeness (QED) is 0.826. The highest BCUT2D eigenvalue weighted by molar-refractivity contribution is 6.31. The molecule has 1 aromatic rings. The van der Waals surface area contributed by atoms with Gasteiger partial charge in [0, 0.05) is 5.92 Å². The van der Waals surface area contributed by atoms with Crippen molar-refractivity contribution in [2.45, 2.75) is 19.3 Å². The molecule has 0 radical (unpaired) electrons. The molecule has 80 valence electrons. The largest absolute Gasteiger partial charge is 0.323 e. The first kappa shape index (κ1) is 10.4. The van der Waals surface area contributed by atoms with Crippen LogP contribution in [0.25, 0.3) is 0 Å². The van der Waals surface area contributed by atoms with Crippen molar-refractivity contribution < 1.29 is 9.18 Å². The number of amides is 1. The molecule has 2 rings (SSSR count). The van der Waals surface area contributed by atoms with Gasteiger partial charge in [0.1, 0.15) is 0 Å². The highest BCUT2D eigenvalue weighted by atomic mass is 35.5. The number of anilines is 1. The summed E-state index contributed by atoms with van der Waals surface area (Å²) < 4.78 is 13.4. The number of carbonyl (C=O) groups is 1. The van der Waals surface area contributed by atoms with Crippen molar-refractivity contribution in [3.05, 3.63) is 29.0 Å². The monoisotopic (exact) mass is 227 g/mol. The molecule has 1 saturated carbocycles. The van der Waals surface area contributed by atoms with Crippen LogP contribution in [0, 0.1) is 11.7 Å². The molecule has 1 aliphatic carbocycles. The molecular weight excluding hydrogens is 217 g/mol. The van der Waals surface area contributed by atoms with Gasteiger partial charge in [0.25, 0.3) is 0 Å². The summed E-state index contributed by atoms with van der Waals surface area (Å²) in [5, 5.41) is 2.58. The van der Waals surface area contributed by atoms with Crippen molar-refractivity contribution in [1.82, 2.24) is 0 Å². The van der Waals surface area contributed by atoms with E-state index in [4.69, 9.17) is 11.6 Å². The fourth-order valence-corrected chi connectivity index (χ4v) is 1.68. The van der Waals surface area contributed by atoms with E-state index in [0.717, 1.165) is 19.3 Å². The topological polar surface area (TPSA) is 29.1 Å². The Morgan fingerprint density at radius 1 is 1.47 bits per heavy atom. The summed E-state index contributed by atoms with van der Waals surface area (Å²) in [6.07, 6.45) is 2.87. The summed E-state index contributed by atoms with van der Waals surface area (Å²) in [4.78, 5) is 11.5. The van der Waals surface area contributed by atoms with Crippen molar-refractivity contribution in [3.63, 3.8) is 0 Å². The maximum absolute atomic E-state index is 13.4. The number of nitrogens with one attached hydrogen (secondary N) is 1. The van der Waals surface area contributed by atoms with Gasteiger partial charge in [-0.05, 0) is 25.0 Å². The summed E-state index contributed by atoms with van der Waals surface area (Å²) in [6.45, 7) is 0. The SMILES string of the molecule is O=C(Nc1cccc(Cl)c1F)C1CCC1. The molecular formula is C11H11ClFNO. The molecule has 0 aromatic heterocycles. The van der Waals surface area contributed by atoms with Crippen molar-refractivity contribution in [2.75, 3.05) is 5.32 Å². The lowest BCUT2D eigenvalue weighted by atomic mass is 9.85. The molecule has 0 atom stereocenters. The zero-order valence-electron chi connectivity index (χ0n) is 8.09. The highest BCUT2D eigenvalue weighted by Crippen LogP contribution is 2.29. The van der Waals surface area contributed by atoms with E-state index < -0.39 is 5.82 Å². The number of carbonyl (C=O) groups excluding carboxylic acids is 1. The fourth-order valence-electron chi connectivity index (χ4n) is 1.51. The maximum Gasteiger partial charge on any atom is 0.227 e. The molecule has 0 aliphatic heterocycles. The highest BCUT2D eigenvalue weighted by Gasteiger charge is 2.25. The molecule has 1 aliphatic rings. The molecule has 1 fully saturated rings. The lowest BCUT2D eigenvalue weighted by Gasteiger charge is -2.24. The number of rotatable bonds is 2. The molecule has 0 spiro atoms. The summed E-state index contributed by atoms with van der Waals surface area (Å²) in [5.74, 6) is -0.627. The summed E-state index contributed by atoms with van der Waals surface area (Å²) >= 11 is 5.60. The third-order valence-electron chi connectivity index (χ3n) is 2.69. The minimum Gasteiger partial charge on any atom is -0.323 e. The Morgan fingerprint density at radius 2 is 2.20 bits per heavy atom. The predicted octanol–water partition coefficient (Wildman–Crippen LogP) is 3.22. The van der Waals surface area contributed by atoms with Gasteiger partial charge in [0.15, 0.2) is 5.82 Å². The predicted molar refractivity (Wildman–Crippen MR) is 57.4 cm³/mol. The van der Waals surface area contributed by atoms with Crippen molar-refractivity contribution in [3.8, 4) is 0 Å². The molecule has 1 amide bonds. The number of hydrogen-bond donors (Lipinski definition) is 1. The minimum atomic E-state index is -0.563. The molecule has 15 heavy (non-hydrogen) atoms. The Balaban J connectivity index is 2.09. The second-order valence-electron chi connectivity index (χ2n) is 3.72. The maximum atomic E-state index is 13.4. The van der Waals surface area contributed by atoms with Crippen LogP contribution in [0.2, 0.25) is 5.02 Å². The number of hydrogen-bond acceptors (Lipinski definition) is 1. The van der Waals surface area contributed by atoms with Crippen LogP contribution in [0.3, 0.4) is 0 Å². The van der Waals surface area contributed by atoms with Crippen LogP contribution in [0.1, 0.15) is 19.3 Å². The van der Waals surface area contributed by atoms with Gasteiger partial charge in [0.2, 0.25) is 5.91 Å². The zero-order chi connectivity index (χ0) is 10.8. The van der Waals surface area contributed by atoms with E-state index in [2.05, 4.69) is 5.32 Å². The number of benzene rings is 1. The summed E-state index contributed by atoms with van der Waals surface area (Å²) in [5.41, 5.74) is 0.166. The van der Waals surface area contributed by atoms with Gasteiger partial charge >= 0.3 is 0 Å². The Hall–Kier alpha value is -1.09. The van der Waals surface area contributed by atoms with Crippen LogP contribution in [0.5, 0.6) is 0 Å². The van der Waals surface area contributed by atoms with E-state index in [-0.39, 0.29) is 22.5 Å². The smallest absolute Gasteiger partial charge is 0.227 e. The van der Waals surface area contributed by atoms with Crippen LogP contribution < -0.4 is 5.32 Å². The second-order valence-corrected chi connectivity index (χ2v) is 4.13. The first-order valence-corrected chi connectivity index (χ1v) is 5.31. The number of halogens is 2. The Morgan fingerprint density at radius 3 is 2.80 bits per heavy atom. The Labute approximate surface area is 92.4 Å². The van der Waals surface area contributed by atoms with Gasteiger partial charge in [0.05, 0.1) is 10.7 Å². The lowest BCUT2D eigenvalue weighted by Crippen LogP contribution is -2.28. The molecule has 0 unspecified atom stereocenters. The molecule has 0 saturated heterocycles. The molecule has 1 aromatic carbocycles. The van der Waals surface area contributed by atoms with Gasteiger partial charge in [-0.25, -0.2) is 4.39 Å². The molecule has 0 heterocycles. The van der Waals surface area contributed by atoms with Gasteiger partial charge < -0.3 is 5.32 Å². The minimum absolute atomic E-state index is 0.0291. The van der Waals surface area contributed by atoms with Crippen LogP contribution in [-0.2, 0) is 4.79 Å². The van der Waals surface area contributed by atoms with E-state index in [1.807, 2.05) is 0 Å². The summed E-state index contributed by atoms with van der Waals surface area (Å²) in [6, 6.07) is 4.58. The first-order valence-electron chi connectivity index (χ1n) is 4.93. The molecule has 1 N–H and O–H groups in total. The van der Waals surface area contributed by atoms with E-state index >= 15 is 0 Å². The first-order chi connectivity index (χ1) is 7.18. The molecule has 4 heteroatoms. The molecule has 0 bridgehead atoms. The van der Waals surface area contributed by atoms with Crippen molar-refractivity contribution in [2.24, 2.45) is 5.92 Å². The third-order valence-corrected chi connectivity index (χ3v) is 2.98. The zero-order valence-corrected chi connectivity index (χ0v) is 8.85. The van der Waals surface area contributed by atoms with E-state index in [1.165, 1.54) is 12.1 Å². The average Bonchev–Trinajstić information content (AvgIpc) is 2.10. The van der Waals surface area contributed by atoms with Gasteiger partial charge in [-0.2, -0.15) is 0 Å². The Kier molecular flexibility index (Phi) is 2.91. The van der Waals surface area contributed by atoms with E-state index in [0.29, 0.717) is 0 Å². The lowest BCUT2D eigenvalue weighted by molar-refractivity contribution is -0.122. The van der Waals surface area contributed by atoms with Gasteiger partial charge in [-0.1, -0.05) is 24.1 Å². The normalized spacial score (nSPS) is 15.9. The van der Waals surface area contributed by atoms with Gasteiger partial charge in [-0.15, -0.1) is 0 Å². The van der Waals surface area contributed by atoms with E-state index in [9.17, 15) is 9.18 Å². The average molecular weight is 228 g/mol. The van der Waals surface area contributed by atoms with Crippen molar-refractivity contribution >= 4 is 23.2 Å². The van der Waals surface area contributed by atoms with Gasteiger partial charge in [-0.3, -0.25) is 4.79 Å². The van der Waals surface area contributed by atoms with Crippen LogP contribution in [0.15, 0.2) is 18.2 Å². The standard InChI is InChI=1S/C11H11ClFNO/c12-8-5-2-6-9(10(8)13)14-11(15)7-3-1-4-7/h2,5-7H,1,3-4H2,(H,14,15). The third kappa shape index (κ3) is 2.12. The fraction of sp³-hybridized carbons (Fsp3) is 0.364. The second kappa shape index (κ2) is 4.19. The Bertz CT molecular complexity index is 390. The van der Waals surface area contributed by atoms with Crippen LogP contribution >= 0.6 is 11.6 Å². The van der Waals surface area contributed by atoms with Crippen LogP contribution in [-0.4, -0.2) is 5.91 Å². The molecule has 2 nitrogen and oxygen atoms in total. The van der Waals surface area contributed by atoms with Crippen molar-refractivity contribution in [1.29, 1.82) is 0 Å². The van der Waals surface area contributed by atoms with E-state index in [1.54, 1.807) is 6.07 Å².